The summed E-state index contributed by atoms with van der Waals surface area (Å²) in [7, 11) is 0. The van der Waals surface area contributed by atoms with Gasteiger partial charge in [0.15, 0.2) is 0 Å². The molecule has 3 atom stereocenters. The van der Waals surface area contributed by atoms with Gasteiger partial charge in [-0.05, 0) is 51.4 Å². The maximum absolute atomic E-state index is 6.51. The lowest BCUT2D eigenvalue weighted by Crippen LogP contribution is -2.57. The standard InChI is InChI=1S/C14H22O/c1-11-9-13(2)8-6-12-5-3-4-7-14(12,10-11)15-13/h12H,1,3-10H2,2H3/t12-,13+,14+/m0/s1. The van der Waals surface area contributed by atoms with E-state index in [1.165, 1.54) is 44.1 Å². The minimum absolute atomic E-state index is 0.128. The zero-order valence-electron chi connectivity index (χ0n) is 9.85. The Balaban J connectivity index is 1.94. The van der Waals surface area contributed by atoms with E-state index in [-0.39, 0.29) is 11.2 Å². The second-order valence-electron chi connectivity index (χ2n) is 6.20. The molecular formula is C14H22O. The van der Waals surface area contributed by atoms with Crippen LogP contribution in [0.4, 0.5) is 0 Å². The molecule has 2 aliphatic heterocycles. The Labute approximate surface area is 92.9 Å². The zero-order valence-corrected chi connectivity index (χ0v) is 9.85. The van der Waals surface area contributed by atoms with Gasteiger partial charge in [-0.15, -0.1) is 0 Å². The summed E-state index contributed by atoms with van der Waals surface area (Å²) in [6.07, 6.45) is 10.3. The van der Waals surface area contributed by atoms with Gasteiger partial charge in [0.1, 0.15) is 0 Å². The molecule has 3 fully saturated rings. The summed E-state index contributed by atoms with van der Waals surface area (Å²) in [6.45, 7) is 6.54. The summed E-state index contributed by atoms with van der Waals surface area (Å²) >= 11 is 0. The molecule has 15 heavy (non-hydrogen) atoms. The molecule has 0 aromatic heterocycles. The lowest BCUT2D eigenvalue weighted by Gasteiger charge is -2.57. The van der Waals surface area contributed by atoms with Crippen molar-refractivity contribution in [2.75, 3.05) is 0 Å². The molecule has 0 unspecified atom stereocenters. The van der Waals surface area contributed by atoms with Gasteiger partial charge in [-0.25, -0.2) is 0 Å². The van der Waals surface area contributed by atoms with Crippen molar-refractivity contribution in [3.05, 3.63) is 12.2 Å². The van der Waals surface area contributed by atoms with Gasteiger partial charge >= 0.3 is 0 Å². The molecule has 0 amide bonds. The van der Waals surface area contributed by atoms with Crippen molar-refractivity contribution in [2.24, 2.45) is 5.92 Å². The van der Waals surface area contributed by atoms with Gasteiger partial charge in [0.25, 0.3) is 0 Å². The average molecular weight is 206 g/mol. The second kappa shape index (κ2) is 3.10. The molecule has 2 saturated heterocycles. The van der Waals surface area contributed by atoms with Crippen LogP contribution in [-0.4, -0.2) is 11.2 Å². The molecular weight excluding hydrogens is 184 g/mol. The van der Waals surface area contributed by atoms with Crippen molar-refractivity contribution in [2.45, 2.75) is 69.5 Å². The SMILES string of the molecule is C=C1C[C@@]2(C)CC[C@@H]3CCCC[C@]3(C1)O2. The van der Waals surface area contributed by atoms with Crippen LogP contribution < -0.4 is 0 Å². The minimum Gasteiger partial charge on any atom is -0.368 e. The molecule has 84 valence electrons. The Kier molecular flexibility index (Phi) is 2.04. The molecule has 1 nitrogen and oxygen atoms in total. The second-order valence-corrected chi connectivity index (χ2v) is 6.20. The smallest absolute Gasteiger partial charge is 0.0754 e. The van der Waals surface area contributed by atoms with Crippen LogP contribution in [0.15, 0.2) is 12.2 Å². The van der Waals surface area contributed by atoms with Crippen LogP contribution in [-0.2, 0) is 4.74 Å². The van der Waals surface area contributed by atoms with Gasteiger partial charge in [-0.2, -0.15) is 0 Å². The Hall–Kier alpha value is -0.300. The maximum atomic E-state index is 6.51. The lowest BCUT2D eigenvalue weighted by atomic mass is 9.63. The van der Waals surface area contributed by atoms with Gasteiger partial charge in [0, 0.05) is 0 Å². The fraction of sp³-hybridized carbons (Fsp3) is 0.857. The summed E-state index contributed by atoms with van der Waals surface area (Å²) in [5, 5.41) is 0. The average Bonchev–Trinajstić information content (AvgIpc) is 2.14. The van der Waals surface area contributed by atoms with E-state index in [1.54, 1.807) is 0 Å². The van der Waals surface area contributed by atoms with E-state index >= 15 is 0 Å². The van der Waals surface area contributed by atoms with Crippen LogP contribution in [0, 0.1) is 5.92 Å². The van der Waals surface area contributed by atoms with Gasteiger partial charge in [-0.1, -0.05) is 25.0 Å². The molecule has 2 bridgehead atoms. The van der Waals surface area contributed by atoms with E-state index in [0.29, 0.717) is 0 Å². The maximum Gasteiger partial charge on any atom is 0.0754 e. The highest BCUT2D eigenvalue weighted by molar-refractivity contribution is 5.16. The number of hydrogen-bond donors (Lipinski definition) is 0. The largest absolute Gasteiger partial charge is 0.368 e. The molecule has 3 rings (SSSR count). The van der Waals surface area contributed by atoms with Crippen molar-refractivity contribution in [3.8, 4) is 0 Å². The van der Waals surface area contributed by atoms with Gasteiger partial charge in [-0.3, -0.25) is 0 Å². The van der Waals surface area contributed by atoms with Crippen LogP contribution in [0.5, 0.6) is 0 Å². The first kappa shape index (κ1) is 9.89. The monoisotopic (exact) mass is 206 g/mol. The van der Waals surface area contributed by atoms with Crippen molar-refractivity contribution in [1.29, 1.82) is 0 Å². The van der Waals surface area contributed by atoms with Crippen LogP contribution in [0.2, 0.25) is 0 Å². The van der Waals surface area contributed by atoms with E-state index < -0.39 is 0 Å². The summed E-state index contributed by atoms with van der Waals surface area (Å²) in [5.41, 5.74) is 1.78. The molecule has 1 saturated carbocycles. The first-order chi connectivity index (χ1) is 7.12. The quantitative estimate of drug-likeness (QED) is 0.547. The Morgan fingerprint density at radius 2 is 2.07 bits per heavy atom. The normalized spacial score (nSPS) is 49.9. The lowest BCUT2D eigenvalue weighted by molar-refractivity contribution is -0.236. The molecule has 1 heteroatoms. The fourth-order valence-corrected chi connectivity index (χ4v) is 4.25. The Morgan fingerprint density at radius 3 is 2.93 bits per heavy atom. The minimum atomic E-state index is 0.128. The Bertz CT molecular complexity index is 296. The number of hydrogen-bond acceptors (Lipinski definition) is 1. The van der Waals surface area contributed by atoms with Crippen molar-refractivity contribution in [3.63, 3.8) is 0 Å². The van der Waals surface area contributed by atoms with Gasteiger partial charge in [0.2, 0.25) is 0 Å². The molecule has 0 radical (unpaired) electrons. The highest BCUT2D eigenvalue weighted by Crippen LogP contribution is 2.55. The molecule has 0 aromatic carbocycles. The first-order valence-electron chi connectivity index (χ1n) is 6.49. The number of fused-ring (bicyclic) bond motifs is 1. The summed E-state index contributed by atoms with van der Waals surface area (Å²) in [6, 6.07) is 0. The molecule has 2 heterocycles. The first-order valence-corrected chi connectivity index (χ1v) is 6.49. The third-order valence-electron chi connectivity index (χ3n) is 4.79. The zero-order chi connectivity index (χ0) is 10.5. The van der Waals surface area contributed by atoms with Crippen molar-refractivity contribution < 1.29 is 4.74 Å². The number of ether oxygens (including phenoxy) is 1. The van der Waals surface area contributed by atoms with Crippen LogP contribution >= 0.6 is 0 Å². The molecule has 0 aromatic rings. The van der Waals surface area contributed by atoms with Gasteiger partial charge < -0.3 is 4.74 Å². The molecule has 1 aliphatic carbocycles. The van der Waals surface area contributed by atoms with E-state index in [9.17, 15) is 0 Å². The summed E-state index contributed by atoms with van der Waals surface area (Å²) in [4.78, 5) is 0. The molecule has 3 aliphatic rings. The Morgan fingerprint density at radius 1 is 1.20 bits per heavy atom. The van der Waals surface area contributed by atoms with Crippen LogP contribution in [0.3, 0.4) is 0 Å². The van der Waals surface area contributed by atoms with Crippen LogP contribution in [0.25, 0.3) is 0 Å². The topological polar surface area (TPSA) is 9.23 Å². The highest BCUT2D eigenvalue weighted by Gasteiger charge is 2.53. The summed E-state index contributed by atoms with van der Waals surface area (Å²) in [5.74, 6) is 0.830. The third kappa shape index (κ3) is 1.47. The highest BCUT2D eigenvalue weighted by atomic mass is 16.5. The molecule has 1 spiro atoms. The predicted molar refractivity (Wildman–Crippen MR) is 61.8 cm³/mol. The predicted octanol–water partition coefficient (Wildman–Crippen LogP) is 3.83. The fourth-order valence-electron chi connectivity index (χ4n) is 4.25. The van der Waals surface area contributed by atoms with E-state index in [2.05, 4.69) is 13.5 Å². The van der Waals surface area contributed by atoms with Crippen LogP contribution in [0.1, 0.15) is 58.3 Å². The third-order valence-corrected chi connectivity index (χ3v) is 4.79. The number of rotatable bonds is 0. The van der Waals surface area contributed by atoms with E-state index in [0.717, 1.165) is 18.8 Å². The van der Waals surface area contributed by atoms with Crippen molar-refractivity contribution in [1.82, 2.24) is 0 Å². The van der Waals surface area contributed by atoms with Gasteiger partial charge in [0.05, 0.1) is 11.2 Å². The molecule has 0 N–H and O–H groups in total. The van der Waals surface area contributed by atoms with E-state index in [4.69, 9.17) is 4.74 Å². The van der Waals surface area contributed by atoms with Crippen molar-refractivity contribution >= 4 is 0 Å². The summed E-state index contributed by atoms with van der Waals surface area (Å²) < 4.78 is 6.51. The van der Waals surface area contributed by atoms with E-state index in [1.807, 2.05) is 0 Å².